The minimum absolute atomic E-state index is 0.830. The van der Waals surface area contributed by atoms with Crippen molar-refractivity contribution in [1.29, 1.82) is 0 Å². The molecule has 0 aliphatic heterocycles. The Hall–Kier alpha value is -1.12. The molecule has 0 bridgehead atoms. The standard InChI is InChI=1S/C14H23N3/c1-4-12-10(3)14(15-5-2)17-13(16-12)9-11-7-6-8-11/h11H,4-9H2,1-3H3,(H,15,16,17). The van der Waals surface area contributed by atoms with Crippen LogP contribution in [0.25, 0.3) is 0 Å². The van der Waals surface area contributed by atoms with Crippen molar-refractivity contribution >= 4 is 5.82 Å². The maximum Gasteiger partial charge on any atom is 0.132 e. The van der Waals surface area contributed by atoms with Gasteiger partial charge in [-0.25, -0.2) is 9.97 Å². The number of nitrogens with one attached hydrogen (secondary N) is 1. The second kappa shape index (κ2) is 5.48. The van der Waals surface area contributed by atoms with E-state index in [1.165, 1.54) is 30.5 Å². The van der Waals surface area contributed by atoms with E-state index in [1.807, 2.05) is 0 Å². The molecular weight excluding hydrogens is 210 g/mol. The van der Waals surface area contributed by atoms with Gasteiger partial charge in [-0.2, -0.15) is 0 Å². The van der Waals surface area contributed by atoms with E-state index in [-0.39, 0.29) is 0 Å². The summed E-state index contributed by atoms with van der Waals surface area (Å²) in [6.45, 7) is 7.31. The van der Waals surface area contributed by atoms with Crippen molar-refractivity contribution in [3.05, 3.63) is 17.1 Å². The van der Waals surface area contributed by atoms with Crippen molar-refractivity contribution in [3.63, 3.8) is 0 Å². The van der Waals surface area contributed by atoms with E-state index in [1.54, 1.807) is 0 Å². The largest absolute Gasteiger partial charge is 0.370 e. The molecule has 1 saturated carbocycles. The number of hydrogen-bond acceptors (Lipinski definition) is 3. The van der Waals surface area contributed by atoms with Crippen molar-refractivity contribution in [1.82, 2.24) is 9.97 Å². The molecule has 1 aliphatic carbocycles. The molecule has 0 saturated heterocycles. The van der Waals surface area contributed by atoms with Gasteiger partial charge >= 0.3 is 0 Å². The normalized spacial score (nSPS) is 15.7. The Morgan fingerprint density at radius 2 is 2.00 bits per heavy atom. The molecule has 17 heavy (non-hydrogen) atoms. The predicted molar refractivity (Wildman–Crippen MR) is 71.4 cm³/mol. The number of aromatic nitrogens is 2. The molecule has 3 heteroatoms. The summed E-state index contributed by atoms with van der Waals surface area (Å²) in [7, 11) is 0. The Labute approximate surface area is 104 Å². The van der Waals surface area contributed by atoms with Gasteiger partial charge in [-0.1, -0.05) is 26.2 Å². The molecule has 1 aromatic rings. The fourth-order valence-electron chi connectivity index (χ4n) is 2.34. The lowest BCUT2D eigenvalue weighted by Crippen LogP contribution is -2.17. The van der Waals surface area contributed by atoms with E-state index in [2.05, 4.69) is 31.1 Å². The van der Waals surface area contributed by atoms with Gasteiger partial charge < -0.3 is 5.32 Å². The third kappa shape index (κ3) is 2.76. The first-order valence-electron chi connectivity index (χ1n) is 6.84. The van der Waals surface area contributed by atoms with E-state index in [0.717, 1.165) is 36.9 Å². The van der Waals surface area contributed by atoms with Crippen molar-refractivity contribution in [2.75, 3.05) is 11.9 Å². The third-order valence-electron chi connectivity index (χ3n) is 3.67. The van der Waals surface area contributed by atoms with Crippen LogP contribution in [0.2, 0.25) is 0 Å². The zero-order valence-electron chi connectivity index (χ0n) is 11.2. The van der Waals surface area contributed by atoms with Crippen LogP contribution < -0.4 is 5.32 Å². The molecule has 3 nitrogen and oxygen atoms in total. The van der Waals surface area contributed by atoms with Gasteiger partial charge in [-0.05, 0) is 26.2 Å². The summed E-state index contributed by atoms with van der Waals surface area (Å²) < 4.78 is 0. The molecule has 2 rings (SSSR count). The summed E-state index contributed by atoms with van der Waals surface area (Å²) in [6, 6.07) is 0. The zero-order chi connectivity index (χ0) is 12.3. The quantitative estimate of drug-likeness (QED) is 0.849. The monoisotopic (exact) mass is 233 g/mol. The van der Waals surface area contributed by atoms with Crippen molar-refractivity contribution in [2.24, 2.45) is 5.92 Å². The van der Waals surface area contributed by atoms with Gasteiger partial charge in [0.25, 0.3) is 0 Å². The topological polar surface area (TPSA) is 37.8 Å². The second-order valence-electron chi connectivity index (χ2n) is 4.95. The van der Waals surface area contributed by atoms with Gasteiger partial charge in [0.15, 0.2) is 0 Å². The molecule has 1 aromatic heterocycles. The number of nitrogens with zero attached hydrogens (tertiary/aromatic N) is 2. The molecule has 1 N–H and O–H groups in total. The van der Waals surface area contributed by atoms with E-state index in [0.29, 0.717) is 0 Å². The van der Waals surface area contributed by atoms with Crippen LogP contribution in [0, 0.1) is 12.8 Å². The molecule has 1 fully saturated rings. The highest BCUT2D eigenvalue weighted by Gasteiger charge is 2.20. The SMILES string of the molecule is CCNc1nc(CC2CCC2)nc(CC)c1C. The number of anilines is 1. The van der Waals surface area contributed by atoms with Crippen LogP contribution >= 0.6 is 0 Å². The maximum atomic E-state index is 4.70. The van der Waals surface area contributed by atoms with Crippen LogP contribution in [0.1, 0.15) is 50.2 Å². The Bertz CT molecular complexity index is 383. The molecule has 0 aromatic carbocycles. The molecule has 0 spiro atoms. The minimum atomic E-state index is 0.830. The lowest BCUT2D eigenvalue weighted by atomic mass is 9.83. The van der Waals surface area contributed by atoms with Crippen molar-refractivity contribution in [2.45, 2.75) is 52.9 Å². The van der Waals surface area contributed by atoms with Crippen LogP contribution in [0.15, 0.2) is 0 Å². The zero-order valence-corrected chi connectivity index (χ0v) is 11.2. The highest BCUT2D eigenvalue weighted by molar-refractivity contribution is 5.45. The average Bonchev–Trinajstić information content (AvgIpc) is 2.27. The molecule has 94 valence electrons. The van der Waals surface area contributed by atoms with E-state index >= 15 is 0 Å². The predicted octanol–water partition coefficient (Wildman–Crippen LogP) is 3.12. The van der Waals surface area contributed by atoms with E-state index in [9.17, 15) is 0 Å². The summed E-state index contributed by atoms with van der Waals surface area (Å²) >= 11 is 0. The van der Waals surface area contributed by atoms with Crippen LogP contribution in [0.4, 0.5) is 5.82 Å². The smallest absolute Gasteiger partial charge is 0.132 e. The van der Waals surface area contributed by atoms with Gasteiger partial charge in [0, 0.05) is 24.2 Å². The Kier molecular flexibility index (Phi) is 3.97. The number of hydrogen-bond donors (Lipinski definition) is 1. The Morgan fingerprint density at radius 1 is 1.24 bits per heavy atom. The number of aryl methyl sites for hydroxylation is 1. The number of rotatable bonds is 5. The lowest BCUT2D eigenvalue weighted by molar-refractivity contribution is 0.309. The first kappa shape index (κ1) is 12.3. The van der Waals surface area contributed by atoms with E-state index in [4.69, 9.17) is 4.98 Å². The fraction of sp³-hybridized carbons (Fsp3) is 0.714. The lowest BCUT2D eigenvalue weighted by Gasteiger charge is -2.25. The third-order valence-corrected chi connectivity index (χ3v) is 3.67. The molecule has 1 heterocycles. The highest BCUT2D eigenvalue weighted by atomic mass is 15.0. The molecule has 0 atom stereocenters. The maximum absolute atomic E-state index is 4.70. The molecule has 0 amide bonds. The summed E-state index contributed by atoms with van der Waals surface area (Å²) in [5, 5.41) is 3.35. The van der Waals surface area contributed by atoms with Crippen LogP contribution in [0.3, 0.4) is 0 Å². The summed E-state index contributed by atoms with van der Waals surface area (Å²) in [6.07, 6.45) is 6.15. The minimum Gasteiger partial charge on any atom is -0.370 e. The van der Waals surface area contributed by atoms with Crippen molar-refractivity contribution < 1.29 is 0 Å². The highest BCUT2D eigenvalue weighted by Crippen LogP contribution is 2.29. The van der Waals surface area contributed by atoms with Gasteiger partial charge in [-0.3, -0.25) is 0 Å². The average molecular weight is 233 g/mol. The molecule has 1 aliphatic rings. The Morgan fingerprint density at radius 3 is 2.53 bits per heavy atom. The van der Waals surface area contributed by atoms with Crippen LogP contribution in [-0.4, -0.2) is 16.5 Å². The summed E-state index contributed by atoms with van der Waals surface area (Å²) in [5.74, 6) is 2.90. The fourth-order valence-corrected chi connectivity index (χ4v) is 2.34. The second-order valence-corrected chi connectivity index (χ2v) is 4.95. The van der Waals surface area contributed by atoms with Gasteiger partial charge in [0.2, 0.25) is 0 Å². The van der Waals surface area contributed by atoms with Gasteiger partial charge in [0.05, 0.1) is 0 Å². The molecule has 0 radical (unpaired) electrons. The summed E-state index contributed by atoms with van der Waals surface area (Å²) in [4.78, 5) is 9.37. The Balaban J connectivity index is 2.21. The van der Waals surface area contributed by atoms with Crippen LogP contribution in [0.5, 0.6) is 0 Å². The van der Waals surface area contributed by atoms with Crippen molar-refractivity contribution in [3.8, 4) is 0 Å². The first-order chi connectivity index (χ1) is 8.24. The first-order valence-corrected chi connectivity index (χ1v) is 6.84. The van der Waals surface area contributed by atoms with Crippen LogP contribution in [-0.2, 0) is 12.8 Å². The molecular formula is C14H23N3. The van der Waals surface area contributed by atoms with E-state index < -0.39 is 0 Å². The van der Waals surface area contributed by atoms with Gasteiger partial charge in [-0.15, -0.1) is 0 Å². The van der Waals surface area contributed by atoms with Gasteiger partial charge in [0.1, 0.15) is 11.6 Å². The summed E-state index contributed by atoms with van der Waals surface area (Å²) in [5.41, 5.74) is 2.41. The molecule has 0 unspecified atom stereocenters.